The van der Waals surface area contributed by atoms with Crippen LogP contribution in [-0.4, -0.2) is 42.9 Å². The summed E-state index contributed by atoms with van der Waals surface area (Å²) in [6.07, 6.45) is 1.72. The fourth-order valence-electron chi connectivity index (χ4n) is 3.42. The van der Waals surface area contributed by atoms with Gasteiger partial charge in [0.25, 0.3) is 0 Å². The Hall–Kier alpha value is -2.36. The zero-order chi connectivity index (χ0) is 20.4. The Bertz CT molecular complexity index is 1050. The average Bonchev–Trinajstić information content (AvgIpc) is 3.24. The molecule has 1 atom stereocenters. The summed E-state index contributed by atoms with van der Waals surface area (Å²) in [7, 11) is -3.55. The van der Waals surface area contributed by atoms with E-state index in [4.69, 9.17) is 0 Å². The highest BCUT2D eigenvalue weighted by Gasteiger charge is 2.30. The van der Waals surface area contributed by atoms with Crippen molar-refractivity contribution >= 4 is 45.0 Å². The first-order chi connectivity index (χ1) is 13.9. The molecule has 1 fully saturated rings. The SMILES string of the molecule is O=C(C[C@@H]1Sc2ccccc2NC1=O)Nc1cccc(S(=O)(=O)N2CCCC2)c1. The molecule has 2 aliphatic rings. The van der Waals surface area contributed by atoms with Crippen molar-refractivity contribution in [2.75, 3.05) is 23.7 Å². The minimum atomic E-state index is -3.55. The fourth-order valence-corrected chi connectivity index (χ4v) is 6.09. The van der Waals surface area contributed by atoms with Gasteiger partial charge in [0.1, 0.15) is 0 Å². The van der Waals surface area contributed by atoms with Crippen molar-refractivity contribution in [3.8, 4) is 0 Å². The largest absolute Gasteiger partial charge is 0.326 e. The minimum Gasteiger partial charge on any atom is -0.326 e. The van der Waals surface area contributed by atoms with Crippen LogP contribution >= 0.6 is 11.8 Å². The number of nitrogens with one attached hydrogen (secondary N) is 2. The number of amides is 2. The Balaban J connectivity index is 1.43. The standard InChI is InChI=1S/C20H21N3O4S2/c24-19(13-18-20(25)22-16-8-1-2-9-17(16)28-18)21-14-6-5-7-15(12-14)29(26,27)23-10-3-4-11-23/h1-2,5-9,12,18H,3-4,10-11,13H2,(H,21,24)(H,22,25)/t18-/m0/s1. The van der Waals surface area contributed by atoms with Gasteiger partial charge >= 0.3 is 0 Å². The minimum absolute atomic E-state index is 0.00601. The maximum Gasteiger partial charge on any atom is 0.243 e. The molecule has 9 heteroatoms. The first kappa shape index (κ1) is 19.9. The first-order valence-electron chi connectivity index (χ1n) is 9.40. The lowest BCUT2D eigenvalue weighted by Crippen LogP contribution is -2.32. The van der Waals surface area contributed by atoms with E-state index in [0.717, 1.165) is 23.4 Å². The third-order valence-corrected chi connectivity index (χ3v) is 8.07. The molecule has 2 aromatic rings. The van der Waals surface area contributed by atoms with Crippen LogP contribution in [0.5, 0.6) is 0 Å². The molecule has 4 rings (SSSR count). The van der Waals surface area contributed by atoms with Crippen molar-refractivity contribution in [3.05, 3.63) is 48.5 Å². The number of hydrogen-bond donors (Lipinski definition) is 2. The Morgan fingerprint density at radius 3 is 2.69 bits per heavy atom. The number of fused-ring (bicyclic) bond motifs is 1. The van der Waals surface area contributed by atoms with E-state index < -0.39 is 15.3 Å². The van der Waals surface area contributed by atoms with E-state index in [1.54, 1.807) is 12.1 Å². The van der Waals surface area contributed by atoms with Crippen LogP contribution in [0, 0.1) is 0 Å². The molecular formula is C20H21N3O4S2. The molecule has 2 heterocycles. The van der Waals surface area contributed by atoms with Crippen LogP contribution in [0.25, 0.3) is 0 Å². The van der Waals surface area contributed by atoms with E-state index in [-0.39, 0.29) is 23.1 Å². The summed E-state index contributed by atoms with van der Waals surface area (Å²) in [5, 5.41) is 5.00. The van der Waals surface area contributed by atoms with E-state index in [1.807, 2.05) is 24.3 Å². The van der Waals surface area contributed by atoms with Crippen LogP contribution in [0.4, 0.5) is 11.4 Å². The molecule has 1 saturated heterocycles. The van der Waals surface area contributed by atoms with Gasteiger partial charge in [0, 0.05) is 30.1 Å². The average molecular weight is 432 g/mol. The molecule has 0 spiro atoms. The van der Waals surface area contributed by atoms with Gasteiger partial charge in [-0.3, -0.25) is 9.59 Å². The van der Waals surface area contributed by atoms with Gasteiger partial charge in [-0.1, -0.05) is 18.2 Å². The number of hydrogen-bond acceptors (Lipinski definition) is 5. The van der Waals surface area contributed by atoms with E-state index in [1.165, 1.54) is 28.2 Å². The molecule has 0 unspecified atom stereocenters. The molecule has 0 aromatic heterocycles. The van der Waals surface area contributed by atoms with Crippen molar-refractivity contribution in [2.45, 2.75) is 34.3 Å². The number of para-hydroxylation sites is 1. The van der Waals surface area contributed by atoms with E-state index in [0.29, 0.717) is 18.8 Å². The number of rotatable bonds is 5. The van der Waals surface area contributed by atoms with Crippen molar-refractivity contribution in [1.29, 1.82) is 0 Å². The molecule has 2 amide bonds. The predicted octanol–water partition coefficient (Wildman–Crippen LogP) is 2.91. The normalized spacial score (nSPS) is 19.4. The second-order valence-electron chi connectivity index (χ2n) is 6.98. The van der Waals surface area contributed by atoms with E-state index in [2.05, 4.69) is 10.6 Å². The van der Waals surface area contributed by atoms with Crippen LogP contribution in [0.1, 0.15) is 19.3 Å². The maximum absolute atomic E-state index is 12.7. The third-order valence-electron chi connectivity index (χ3n) is 4.90. The van der Waals surface area contributed by atoms with Crippen LogP contribution in [0.15, 0.2) is 58.3 Å². The quantitative estimate of drug-likeness (QED) is 0.759. The highest BCUT2D eigenvalue weighted by Crippen LogP contribution is 2.36. The third kappa shape index (κ3) is 4.31. The number of carbonyl (C=O) groups is 2. The fraction of sp³-hybridized carbons (Fsp3) is 0.300. The molecule has 2 aliphatic heterocycles. The maximum atomic E-state index is 12.7. The zero-order valence-corrected chi connectivity index (χ0v) is 17.3. The Morgan fingerprint density at radius 2 is 1.90 bits per heavy atom. The highest BCUT2D eigenvalue weighted by atomic mass is 32.2. The lowest BCUT2D eigenvalue weighted by atomic mass is 10.2. The lowest BCUT2D eigenvalue weighted by molar-refractivity contribution is -0.120. The van der Waals surface area contributed by atoms with Gasteiger partial charge in [-0.05, 0) is 43.2 Å². The van der Waals surface area contributed by atoms with Gasteiger partial charge in [0.15, 0.2) is 0 Å². The molecule has 0 aliphatic carbocycles. The van der Waals surface area contributed by atoms with Gasteiger partial charge in [-0.2, -0.15) is 4.31 Å². The predicted molar refractivity (Wildman–Crippen MR) is 112 cm³/mol. The topological polar surface area (TPSA) is 95.6 Å². The number of anilines is 2. The molecule has 0 radical (unpaired) electrons. The number of sulfonamides is 1. The van der Waals surface area contributed by atoms with Crippen molar-refractivity contribution < 1.29 is 18.0 Å². The highest BCUT2D eigenvalue weighted by molar-refractivity contribution is 8.01. The van der Waals surface area contributed by atoms with Crippen LogP contribution in [-0.2, 0) is 19.6 Å². The Labute approximate surface area is 173 Å². The van der Waals surface area contributed by atoms with Crippen LogP contribution < -0.4 is 10.6 Å². The number of carbonyl (C=O) groups excluding carboxylic acids is 2. The summed E-state index contributed by atoms with van der Waals surface area (Å²) in [6.45, 7) is 1.04. The lowest BCUT2D eigenvalue weighted by Gasteiger charge is -2.23. The van der Waals surface area contributed by atoms with Crippen molar-refractivity contribution in [3.63, 3.8) is 0 Å². The monoisotopic (exact) mass is 431 g/mol. The molecule has 7 nitrogen and oxygen atoms in total. The summed E-state index contributed by atoms with van der Waals surface area (Å²) in [6, 6.07) is 13.7. The zero-order valence-electron chi connectivity index (χ0n) is 15.6. The molecule has 0 saturated carbocycles. The Kier molecular flexibility index (Phi) is 5.62. The van der Waals surface area contributed by atoms with Crippen molar-refractivity contribution in [2.24, 2.45) is 0 Å². The van der Waals surface area contributed by atoms with Gasteiger partial charge in [-0.25, -0.2) is 8.42 Å². The summed E-state index contributed by atoms with van der Waals surface area (Å²) in [5.41, 5.74) is 1.15. The molecule has 0 bridgehead atoms. The summed E-state index contributed by atoms with van der Waals surface area (Å²) in [5.74, 6) is -0.554. The van der Waals surface area contributed by atoms with Gasteiger partial charge < -0.3 is 10.6 Å². The van der Waals surface area contributed by atoms with Gasteiger partial charge in [0.2, 0.25) is 21.8 Å². The summed E-state index contributed by atoms with van der Waals surface area (Å²) < 4.78 is 26.9. The second kappa shape index (κ2) is 8.17. The molecule has 2 N–H and O–H groups in total. The molecule has 152 valence electrons. The Morgan fingerprint density at radius 1 is 1.14 bits per heavy atom. The summed E-state index contributed by atoms with van der Waals surface area (Å²) in [4.78, 5) is 25.9. The van der Waals surface area contributed by atoms with Crippen LogP contribution in [0.2, 0.25) is 0 Å². The van der Waals surface area contributed by atoms with Gasteiger partial charge in [0.05, 0.1) is 15.8 Å². The molecular weight excluding hydrogens is 410 g/mol. The number of benzene rings is 2. The van der Waals surface area contributed by atoms with E-state index in [9.17, 15) is 18.0 Å². The van der Waals surface area contributed by atoms with Crippen molar-refractivity contribution in [1.82, 2.24) is 4.31 Å². The smallest absolute Gasteiger partial charge is 0.243 e. The van der Waals surface area contributed by atoms with Crippen LogP contribution in [0.3, 0.4) is 0 Å². The second-order valence-corrected chi connectivity index (χ2v) is 10.2. The van der Waals surface area contributed by atoms with E-state index >= 15 is 0 Å². The summed E-state index contributed by atoms with van der Waals surface area (Å²) >= 11 is 1.35. The number of thioether (sulfide) groups is 1. The number of nitrogens with zero attached hydrogens (tertiary/aromatic N) is 1. The molecule has 2 aromatic carbocycles. The molecule has 29 heavy (non-hydrogen) atoms. The van der Waals surface area contributed by atoms with Gasteiger partial charge in [-0.15, -0.1) is 11.8 Å². The first-order valence-corrected chi connectivity index (χ1v) is 11.7.